The first kappa shape index (κ1) is 18.7. The maximum Gasteiger partial charge on any atom is 0.255 e. The third kappa shape index (κ3) is 4.48. The van der Waals surface area contributed by atoms with Crippen molar-refractivity contribution in [2.75, 3.05) is 13.2 Å². The van der Waals surface area contributed by atoms with Crippen molar-refractivity contribution >= 4 is 29.0 Å². The Bertz CT molecular complexity index is 745. The second kappa shape index (κ2) is 7.98. The summed E-state index contributed by atoms with van der Waals surface area (Å²) >= 11 is 5.20. The minimum atomic E-state index is -0.575. The van der Waals surface area contributed by atoms with Gasteiger partial charge in [0.1, 0.15) is 0 Å². The van der Waals surface area contributed by atoms with E-state index < -0.39 is 11.9 Å². The molecule has 0 fully saturated rings. The van der Waals surface area contributed by atoms with E-state index in [4.69, 9.17) is 27.4 Å². The van der Waals surface area contributed by atoms with Crippen LogP contribution in [0.4, 0.5) is 0 Å². The Balaban J connectivity index is 2.42. The van der Waals surface area contributed by atoms with E-state index in [0.717, 1.165) is 5.56 Å². The fraction of sp³-hybridized carbons (Fsp3) is 0.353. The number of hydrogen-bond acceptors (Lipinski definition) is 5. The molecule has 1 heterocycles. The van der Waals surface area contributed by atoms with E-state index in [1.54, 1.807) is 18.2 Å². The van der Waals surface area contributed by atoms with Gasteiger partial charge in [-0.25, -0.2) is 0 Å². The van der Waals surface area contributed by atoms with Crippen LogP contribution in [0.15, 0.2) is 29.5 Å². The highest BCUT2D eigenvalue weighted by atomic mass is 32.1. The van der Waals surface area contributed by atoms with Gasteiger partial charge in [-0.2, -0.15) is 0 Å². The molecule has 1 aliphatic rings. The zero-order chi connectivity index (χ0) is 18.6. The van der Waals surface area contributed by atoms with Gasteiger partial charge in [-0.3, -0.25) is 9.59 Å². The van der Waals surface area contributed by atoms with Crippen LogP contribution in [0.25, 0.3) is 0 Å². The number of ketones is 1. The standard InChI is InChI=1S/C17H21N3O4S/c1-4-23-13-7-11(5-6-12(13)24-8-14(18)22)16-15(10(3)21)9(2)19-17(25)20-16/h5-7,16H,4,8H2,1-3H3,(H2,18,22)(H2,19,20,25)/t16-/m1/s1. The number of allylic oxidation sites excluding steroid dienone is 1. The van der Waals surface area contributed by atoms with E-state index in [2.05, 4.69) is 10.6 Å². The van der Waals surface area contributed by atoms with Crippen LogP contribution < -0.4 is 25.8 Å². The summed E-state index contributed by atoms with van der Waals surface area (Å²) in [6.45, 7) is 5.34. The lowest BCUT2D eigenvalue weighted by Crippen LogP contribution is -2.44. The number of carbonyl (C=O) groups excluding carboxylic acids is 2. The largest absolute Gasteiger partial charge is 0.490 e. The summed E-state index contributed by atoms with van der Waals surface area (Å²) in [5, 5.41) is 6.51. The molecule has 1 aliphatic heterocycles. The minimum Gasteiger partial charge on any atom is -0.490 e. The molecule has 25 heavy (non-hydrogen) atoms. The summed E-state index contributed by atoms with van der Waals surface area (Å²) in [6.07, 6.45) is 0. The average molecular weight is 363 g/mol. The van der Waals surface area contributed by atoms with Gasteiger partial charge in [-0.15, -0.1) is 0 Å². The lowest BCUT2D eigenvalue weighted by molar-refractivity contribution is -0.120. The Morgan fingerprint density at radius 1 is 1.28 bits per heavy atom. The van der Waals surface area contributed by atoms with Gasteiger partial charge < -0.3 is 25.8 Å². The van der Waals surface area contributed by atoms with Crippen LogP contribution in [0, 0.1) is 0 Å². The first-order chi connectivity index (χ1) is 11.8. The quantitative estimate of drug-likeness (QED) is 0.628. The first-order valence-corrected chi connectivity index (χ1v) is 8.21. The fourth-order valence-electron chi connectivity index (χ4n) is 2.65. The van der Waals surface area contributed by atoms with Gasteiger partial charge in [-0.1, -0.05) is 6.07 Å². The molecule has 0 unspecified atom stereocenters. The highest BCUT2D eigenvalue weighted by Crippen LogP contribution is 2.34. The van der Waals surface area contributed by atoms with Crippen LogP contribution in [-0.4, -0.2) is 30.0 Å². The molecular formula is C17H21N3O4S. The number of nitrogens with two attached hydrogens (primary N) is 1. The van der Waals surface area contributed by atoms with Crippen LogP contribution >= 0.6 is 12.2 Å². The molecule has 2 rings (SSSR count). The predicted octanol–water partition coefficient (Wildman–Crippen LogP) is 1.33. The van der Waals surface area contributed by atoms with Crippen molar-refractivity contribution in [3.8, 4) is 11.5 Å². The van der Waals surface area contributed by atoms with Gasteiger partial charge in [0.25, 0.3) is 5.91 Å². The summed E-state index contributed by atoms with van der Waals surface area (Å²) in [5.41, 5.74) is 7.22. The van der Waals surface area contributed by atoms with E-state index in [1.165, 1.54) is 6.92 Å². The molecule has 8 heteroatoms. The molecule has 0 spiro atoms. The van der Waals surface area contributed by atoms with Crippen molar-refractivity contribution in [2.45, 2.75) is 26.8 Å². The van der Waals surface area contributed by atoms with Crippen molar-refractivity contribution in [1.82, 2.24) is 10.6 Å². The van der Waals surface area contributed by atoms with Gasteiger partial charge in [-0.05, 0) is 50.7 Å². The summed E-state index contributed by atoms with van der Waals surface area (Å²) in [4.78, 5) is 23.0. The van der Waals surface area contributed by atoms with Gasteiger partial charge in [0.2, 0.25) is 0 Å². The van der Waals surface area contributed by atoms with E-state index in [-0.39, 0.29) is 12.4 Å². The number of hydrogen-bond donors (Lipinski definition) is 3. The highest BCUT2D eigenvalue weighted by molar-refractivity contribution is 7.80. The number of nitrogens with one attached hydrogen (secondary N) is 2. The van der Waals surface area contributed by atoms with Crippen LogP contribution in [0.1, 0.15) is 32.4 Å². The van der Waals surface area contributed by atoms with Gasteiger partial charge in [0.05, 0.1) is 12.6 Å². The summed E-state index contributed by atoms with van der Waals surface area (Å²) in [5.74, 6) is 0.241. The molecule has 0 saturated heterocycles. The van der Waals surface area contributed by atoms with Crippen molar-refractivity contribution in [3.63, 3.8) is 0 Å². The van der Waals surface area contributed by atoms with E-state index in [9.17, 15) is 9.59 Å². The molecule has 7 nitrogen and oxygen atoms in total. The molecule has 0 saturated carbocycles. The predicted molar refractivity (Wildman–Crippen MR) is 97.3 cm³/mol. The lowest BCUT2D eigenvalue weighted by atomic mass is 9.93. The van der Waals surface area contributed by atoms with Crippen molar-refractivity contribution in [2.24, 2.45) is 5.73 Å². The van der Waals surface area contributed by atoms with Crippen LogP contribution in [0.2, 0.25) is 0 Å². The summed E-state index contributed by atoms with van der Waals surface area (Å²) in [7, 11) is 0. The maximum absolute atomic E-state index is 12.1. The second-order valence-corrected chi connectivity index (χ2v) is 5.93. The topological polar surface area (TPSA) is 103 Å². The number of thiocarbonyl (C=S) groups is 1. The Kier molecular flexibility index (Phi) is 5.97. The molecule has 0 aliphatic carbocycles. The fourth-order valence-corrected chi connectivity index (χ4v) is 2.92. The van der Waals surface area contributed by atoms with Crippen molar-refractivity contribution in [1.29, 1.82) is 0 Å². The maximum atomic E-state index is 12.1. The molecule has 1 atom stereocenters. The number of amides is 1. The van der Waals surface area contributed by atoms with E-state index in [0.29, 0.717) is 34.5 Å². The molecule has 1 amide bonds. The second-order valence-electron chi connectivity index (χ2n) is 5.52. The molecule has 0 radical (unpaired) electrons. The Morgan fingerprint density at radius 2 is 2.00 bits per heavy atom. The Morgan fingerprint density at radius 3 is 2.60 bits per heavy atom. The molecule has 0 aromatic heterocycles. The Hall–Kier alpha value is -2.61. The number of benzene rings is 1. The number of carbonyl (C=O) groups is 2. The van der Waals surface area contributed by atoms with Crippen LogP contribution in [-0.2, 0) is 9.59 Å². The third-order valence-electron chi connectivity index (χ3n) is 3.62. The summed E-state index contributed by atoms with van der Waals surface area (Å²) in [6, 6.07) is 4.85. The molecule has 1 aromatic carbocycles. The van der Waals surface area contributed by atoms with E-state index >= 15 is 0 Å². The monoisotopic (exact) mass is 363 g/mol. The lowest BCUT2D eigenvalue weighted by Gasteiger charge is -2.30. The number of Topliss-reactive ketones (excluding diaryl/α,β-unsaturated/α-hetero) is 1. The number of primary amides is 1. The molecule has 4 N–H and O–H groups in total. The normalized spacial score (nSPS) is 16.8. The highest BCUT2D eigenvalue weighted by Gasteiger charge is 2.28. The molecular weight excluding hydrogens is 342 g/mol. The molecule has 1 aromatic rings. The van der Waals surface area contributed by atoms with Gasteiger partial charge in [0.15, 0.2) is 29.0 Å². The SMILES string of the molecule is CCOc1cc([C@H]2NC(=S)NC(C)=C2C(C)=O)ccc1OCC(N)=O. The smallest absolute Gasteiger partial charge is 0.255 e. The van der Waals surface area contributed by atoms with Gasteiger partial charge in [0, 0.05) is 11.3 Å². The third-order valence-corrected chi connectivity index (χ3v) is 3.84. The Labute approximate surface area is 151 Å². The molecule has 134 valence electrons. The van der Waals surface area contributed by atoms with Gasteiger partial charge >= 0.3 is 0 Å². The zero-order valence-electron chi connectivity index (χ0n) is 14.3. The minimum absolute atomic E-state index is 0.0583. The summed E-state index contributed by atoms with van der Waals surface area (Å²) < 4.78 is 11.0. The first-order valence-electron chi connectivity index (χ1n) is 7.80. The van der Waals surface area contributed by atoms with Crippen LogP contribution in [0.3, 0.4) is 0 Å². The van der Waals surface area contributed by atoms with Crippen molar-refractivity contribution in [3.05, 3.63) is 35.0 Å². The zero-order valence-corrected chi connectivity index (χ0v) is 15.2. The molecule has 0 bridgehead atoms. The van der Waals surface area contributed by atoms with Crippen LogP contribution in [0.5, 0.6) is 11.5 Å². The van der Waals surface area contributed by atoms with E-state index in [1.807, 2.05) is 13.8 Å². The number of rotatable bonds is 7. The average Bonchev–Trinajstić information content (AvgIpc) is 2.52. The number of ether oxygens (including phenoxy) is 2. The van der Waals surface area contributed by atoms with Crippen molar-refractivity contribution < 1.29 is 19.1 Å².